The normalized spacial score (nSPS) is 14.0. The molecule has 1 fully saturated rings. The smallest absolute Gasteiger partial charge is 0.250 e. The monoisotopic (exact) mass is 405 g/mol. The lowest BCUT2D eigenvalue weighted by atomic mass is 10.2. The number of hydrogen-bond donors (Lipinski definition) is 2. The van der Waals surface area contributed by atoms with E-state index in [2.05, 4.69) is 35.7 Å². The van der Waals surface area contributed by atoms with Gasteiger partial charge in [0, 0.05) is 18.8 Å². The number of hydrazone groups is 1. The first-order chi connectivity index (χ1) is 14.8. The van der Waals surface area contributed by atoms with Crippen LogP contribution in [0.2, 0.25) is 0 Å². The standard InChI is InChI=1S/C21H23N7O2/c1-29-18-9-5-6-16(14-18)15-22-27-20-24-19(23-17-7-3-2-4-8-17)25-21(26-20)28-10-12-30-13-11-28/h2-9,14-15H,10-13H2,1H3,(H2,23,24,25,26,27)/b22-15-. The van der Waals surface area contributed by atoms with Gasteiger partial charge < -0.3 is 19.7 Å². The molecule has 0 radical (unpaired) electrons. The lowest BCUT2D eigenvalue weighted by Crippen LogP contribution is -2.37. The van der Waals surface area contributed by atoms with Gasteiger partial charge in [0.1, 0.15) is 5.75 Å². The molecule has 154 valence electrons. The van der Waals surface area contributed by atoms with Gasteiger partial charge in [-0.25, -0.2) is 5.43 Å². The number of rotatable bonds is 7. The molecule has 0 spiro atoms. The number of methoxy groups -OCH3 is 1. The minimum absolute atomic E-state index is 0.351. The second-order valence-electron chi connectivity index (χ2n) is 6.52. The molecule has 2 aromatic carbocycles. The fourth-order valence-corrected chi connectivity index (χ4v) is 2.91. The summed E-state index contributed by atoms with van der Waals surface area (Å²) >= 11 is 0. The molecular formula is C21H23N7O2. The molecule has 2 heterocycles. The summed E-state index contributed by atoms with van der Waals surface area (Å²) in [7, 11) is 1.63. The van der Waals surface area contributed by atoms with Crippen LogP contribution in [0.25, 0.3) is 0 Å². The highest BCUT2D eigenvalue weighted by atomic mass is 16.5. The van der Waals surface area contributed by atoms with E-state index in [0.29, 0.717) is 31.1 Å². The summed E-state index contributed by atoms with van der Waals surface area (Å²) < 4.78 is 10.7. The van der Waals surface area contributed by atoms with Gasteiger partial charge in [-0.05, 0) is 29.8 Å². The Bertz CT molecular complexity index is 992. The van der Waals surface area contributed by atoms with E-state index in [-0.39, 0.29) is 0 Å². The average molecular weight is 405 g/mol. The molecule has 3 aromatic rings. The predicted molar refractivity (Wildman–Crippen MR) is 117 cm³/mol. The van der Waals surface area contributed by atoms with E-state index in [1.807, 2.05) is 54.6 Å². The van der Waals surface area contributed by atoms with Crippen molar-refractivity contribution in [3.8, 4) is 5.75 Å². The molecule has 0 unspecified atom stereocenters. The van der Waals surface area contributed by atoms with Gasteiger partial charge in [-0.1, -0.05) is 30.3 Å². The van der Waals surface area contributed by atoms with Gasteiger partial charge in [0.2, 0.25) is 17.8 Å². The zero-order chi connectivity index (χ0) is 20.6. The van der Waals surface area contributed by atoms with E-state index in [9.17, 15) is 0 Å². The van der Waals surface area contributed by atoms with Crippen LogP contribution in [0.4, 0.5) is 23.5 Å². The Morgan fingerprint density at radius 2 is 1.80 bits per heavy atom. The summed E-state index contributed by atoms with van der Waals surface area (Å²) in [5.74, 6) is 2.13. The summed E-state index contributed by atoms with van der Waals surface area (Å²) in [5.41, 5.74) is 4.69. The van der Waals surface area contributed by atoms with Crippen LogP contribution in [0.15, 0.2) is 59.7 Å². The molecule has 4 rings (SSSR count). The quantitative estimate of drug-likeness (QED) is 0.458. The number of aromatic nitrogens is 3. The highest BCUT2D eigenvalue weighted by Gasteiger charge is 2.16. The second kappa shape index (κ2) is 9.66. The second-order valence-corrected chi connectivity index (χ2v) is 6.52. The fraction of sp³-hybridized carbons (Fsp3) is 0.238. The van der Waals surface area contributed by atoms with Crippen molar-refractivity contribution in [2.45, 2.75) is 0 Å². The van der Waals surface area contributed by atoms with Gasteiger partial charge in [0.15, 0.2) is 0 Å². The maximum atomic E-state index is 5.43. The summed E-state index contributed by atoms with van der Waals surface area (Å²) in [6.45, 7) is 2.73. The third-order valence-corrected chi connectivity index (χ3v) is 4.42. The molecule has 30 heavy (non-hydrogen) atoms. The van der Waals surface area contributed by atoms with E-state index < -0.39 is 0 Å². The Kier molecular flexibility index (Phi) is 6.31. The zero-order valence-corrected chi connectivity index (χ0v) is 16.7. The molecule has 1 aromatic heterocycles. The van der Waals surface area contributed by atoms with Gasteiger partial charge >= 0.3 is 0 Å². The van der Waals surface area contributed by atoms with Crippen molar-refractivity contribution >= 4 is 29.7 Å². The highest BCUT2D eigenvalue weighted by Crippen LogP contribution is 2.18. The molecule has 9 nitrogen and oxygen atoms in total. The van der Waals surface area contributed by atoms with Crippen LogP contribution in [0, 0.1) is 0 Å². The van der Waals surface area contributed by atoms with Crippen LogP contribution >= 0.6 is 0 Å². The number of benzene rings is 2. The van der Waals surface area contributed by atoms with E-state index >= 15 is 0 Å². The SMILES string of the molecule is COc1cccc(/C=N\Nc2nc(Nc3ccccc3)nc(N3CCOCC3)n2)c1. The van der Waals surface area contributed by atoms with Crippen molar-refractivity contribution in [3.63, 3.8) is 0 Å². The van der Waals surface area contributed by atoms with Crippen LogP contribution < -0.4 is 20.4 Å². The van der Waals surface area contributed by atoms with Gasteiger partial charge in [0.05, 0.1) is 26.5 Å². The molecule has 9 heteroatoms. The molecule has 1 aliphatic rings. The van der Waals surface area contributed by atoms with Crippen molar-refractivity contribution in [2.75, 3.05) is 49.1 Å². The maximum Gasteiger partial charge on any atom is 0.250 e. The van der Waals surface area contributed by atoms with E-state index in [4.69, 9.17) is 9.47 Å². The van der Waals surface area contributed by atoms with Gasteiger partial charge in [-0.2, -0.15) is 20.1 Å². The lowest BCUT2D eigenvalue weighted by molar-refractivity contribution is 0.122. The van der Waals surface area contributed by atoms with Crippen molar-refractivity contribution < 1.29 is 9.47 Å². The molecular weight excluding hydrogens is 382 g/mol. The number of nitrogens with zero attached hydrogens (tertiary/aromatic N) is 5. The van der Waals surface area contributed by atoms with Crippen molar-refractivity contribution in [1.82, 2.24) is 15.0 Å². The van der Waals surface area contributed by atoms with Crippen LogP contribution in [0.1, 0.15) is 5.56 Å². The van der Waals surface area contributed by atoms with Gasteiger partial charge in [-0.15, -0.1) is 0 Å². The van der Waals surface area contributed by atoms with E-state index in [1.54, 1.807) is 13.3 Å². The molecule has 0 amide bonds. The molecule has 2 N–H and O–H groups in total. The summed E-state index contributed by atoms with van der Waals surface area (Å²) in [6, 6.07) is 17.4. The first-order valence-electron chi connectivity index (χ1n) is 9.64. The number of nitrogens with one attached hydrogen (secondary N) is 2. The van der Waals surface area contributed by atoms with Crippen LogP contribution in [-0.4, -0.2) is 54.6 Å². The Morgan fingerprint density at radius 3 is 2.60 bits per heavy atom. The fourth-order valence-electron chi connectivity index (χ4n) is 2.91. The summed E-state index contributed by atoms with van der Waals surface area (Å²) in [4.78, 5) is 15.6. The molecule has 1 saturated heterocycles. The van der Waals surface area contributed by atoms with Crippen molar-refractivity contribution in [2.24, 2.45) is 5.10 Å². The third kappa shape index (κ3) is 5.21. The first-order valence-corrected chi connectivity index (χ1v) is 9.64. The summed E-state index contributed by atoms with van der Waals surface area (Å²) in [6.07, 6.45) is 1.69. The molecule has 0 bridgehead atoms. The minimum Gasteiger partial charge on any atom is -0.497 e. The zero-order valence-electron chi connectivity index (χ0n) is 16.7. The van der Waals surface area contributed by atoms with Gasteiger partial charge in [-0.3, -0.25) is 0 Å². The number of morpholine rings is 1. The van der Waals surface area contributed by atoms with Crippen LogP contribution in [-0.2, 0) is 4.74 Å². The number of anilines is 4. The Morgan fingerprint density at radius 1 is 1.00 bits per heavy atom. The molecule has 0 aliphatic carbocycles. The van der Waals surface area contributed by atoms with E-state index in [0.717, 1.165) is 30.1 Å². The molecule has 0 saturated carbocycles. The predicted octanol–water partition coefficient (Wildman–Crippen LogP) is 2.91. The van der Waals surface area contributed by atoms with Crippen molar-refractivity contribution in [1.29, 1.82) is 0 Å². The largest absolute Gasteiger partial charge is 0.497 e. The molecule has 1 aliphatic heterocycles. The third-order valence-electron chi connectivity index (χ3n) is 4.42. The van der Waals surface area contributed by atoms with E-state index in [1.165, 1.54) is 0 Å². The average Bonchev–Trinajstić information content (AvgIpc) is 2.80. The van der Waals surface area contributed by atoms with Crippen LogP contribution in [0.3, 0.4) is 0 Å². The Labute approximate surface area is 174 Å². The minimum atomic E-state index is 0.351. The Hall–Kier alpha value is -3.72. The number of para-hydroxylation sites is 1. The maximum absolute atomic E-state index is 5.43. The first kappa shape index (κ1) is 19.6. The van der Waals surface area contributed by atoms with Crippen molar-refractivity contribution in [3.05, 3.63) is 60.2 Å². The van der Waals surface area contributed by atoms with Crippen LogP contribution in [0.5, 0.6) is 5.75 Å². The van der Waals surface area contributed by atoms with Gasteiger partial charge in [0.25, 0.3) is 0 Å². The lowest BCUT2D eigenvalue weighted by Gasteiger charge is -2.27. The number of hydrogen-bond acceptors (Lipinski definition) is 9. The number of ether oxygens (including phenoxy) is 2. The Balaban J connectivity index is 1.55. The highest BCUT2D eigenvalue weighted by molar-refractivity contribution is 5.80. The molecule has 0 atom stereocenters. The summed E-state index contributed by atoms with van der Waals surface area (Å²) in [5, 5.41) is 7.49. The topological polar surface area (TPSA) is 96.8 Å².